The van der Waals surface area contributed by atoms with E-state index in [0.717, 1.165) is 154 Å². The van der Waals surface area contributed by atoms with Crippen LogP contribution in [0.4, 0.5) is 0 Å². The van der Waals surface area contributed by atoms with Crippen LogP contribution in [0.25, 0.3) is 256 Å². The smallest absolute Gasteiger partial charge is 0.238 e. The van der Waals surface area contributed by atoms with Gasteiger partial charge in [0, 0.05) is 98.0 Å². The summed E-state index contributed by atoms with van der Waals surface area (Å²) in [6.45, 7) is 0. The summed E-state index contributed by atoms with van der Waals surface area (Å²) in [5.74, 6) is 0.477. The molecule has 12 nitrogen and oxygen atoms in total. The predicted molar refractivity (Wildman–Crippen MR) is 540 cm³/mol. The van der Waals surface area contributed by atoms with Gasteiger partial charge in [0.25, 0.3) is 0 Å². The van der Waals surface area contributed by atoms with Gasteiger partial charge in [-0.1, -0.05) is 388 Å². The third-order valence-electron chi connectivity index (χ3n) is 25.0. The van der Waals surface area contributed by atoms with Crippen LogP contribution in [-0.2, 0) is 0 Å². The maximum Gasteiger partial charge on any atom is 0.238 e. The van der Waals surface area contributed by atoms with Crippen LogP contribution in [-0.4, -0.2) is 48.2 Å². The summed E-state index contributed by atoms with van der Waals surface area (Å²) >= 11 is 0. The van der Waals surface area contributed by atoms with Crippen molar-refractivity contribution in [2.24, 2.45) is 0 Å². The topological polar surface area (TPSA) is 123 Å². The fraction of sp³-hybridized carbons (Fsp3) is 0. The lowest BCUT2D eigenvalue weighted by Gasteiger charge is -2.17. The Bertz CT molecular complexity index is 10300. The molecule has 27 aromatic rings. The maximum absolute atomic E-state index is 9.69. The number of fused-ring (bicyclic) bond motifs is 20. The Hall–Kier alpha value is -18.0. The summed E-state index contributed by atoms with van der Waals surface area (Å²) in [6.07, 6.45) is 0. The van der Waals surface area contributed by atoms with E-state index in [9.17, 15) is 8.22 Å². The molecule has 8 heterocycles. The first kappa shape index (κ1) is 60.6. The molecule has 12 heteroatoms. The van der Waals surface area contributed by atoms with Gasteiger partial charge in [-0.25, -0.2) is 9.97 Å². The summed E-state index contributed by atoms with van der Waals surface area (Å²) in [6, 6.07) is 109. The van der Waals surface area contributed by atoms with Crippen molar-refractivity contribution in [1.82, 2.24) is 48.2 Å². The third kappa shape index (κ3) is 12.2. The highest BCUT2D eigenvalue weighted by molar-refractivity contribution is 6.27. The molecule has 19 aromatic carbocycles. The molecule has 616 valence electrons. The van der Waals surface area contributed by atoms with Crippen molar-refractivity contribution in [3.63, 3.8) is 0 Å². The Balaban J connectivity index is 0.000000150. The van der Waals surface area contributed by atoms with Crippen LogP contribution in [0.15, 0.2) is 457 Å². The fourth-order valence-corrected chi connectivity index (χ4v) is 19.3. The molecule has 0 aliphatic rings. The lowest BCUT2D eigenvalue weighted by Crippen LogP contribution is -2.07. The van der Waals surface area contributed by atoms with Gasteiger partial charge in [-0.05, 0) is 105 Å². The first-order chi connectivity index (χ1) is 72.2. The van der Waals surface area contributed by atoms with Gasteiger partial charge in [0.1, 0.15) is 22.3 Å². The minimum absolute atomic E-state index is 0.0735. The number of benzene rings is 19. The monoisotopic (exact) mass is 1700 g/mol. The molecule has 0 bridgehead atoms. The molecule has 132 heavy (non-hydrogen) atoms. The number of nitrogens with zero attached hydrogens (tertiary/aromatic N) is 10. The zero-order chi connectivity index (χ0) is 101. The molecule has 27 rings (SSSR count). The summed E-state index contributed by atoms with van der Waals surface area (Å²) in [4.78, 5) is 31.3. The van der Waals surface area contributed by atoms with Crippen LogP contribution in [0.3, 0.4) is 0 Å². The second kappa shape index (κ2) is 31.0. The summed E-state index contributed by atoms with van der Waals surface area (Å²) in [5, 5.41) is 9.01. The average Bonchev–Trinajstić information content (AvgIpc) is 1.54. The lowest BCUT2D eigenvalue weighted by atomic mass is 9.97. The Morgan fingerprint density at radius 3 is 1.07 bits per heavy atom. The van der Waals surface area contributed by atoms with Crippen molar-refractivity contribution < 1.29 is 30.8 Å². The van der Waals surface area contributed by atoms with Gasteiger partial charge >= 0.3 is 0 Å². The zero-order valence-corrected chi connectivity index (χ0v) is 69.8. The minimum Gasteiger partial charge on any atom is -0.456 e. The van der Waals surface area contributed by atoms with Gasteiger partial charge in [0.05, 0.1) is 77.4 Å². The number of furan rings is 2. The highest BCUT2D eigenvalue weighted by atomic mass is 16.3. The molecule has 0 saturated carbocycles. The Kier molecular flexibility index (Phi) is 14.2. The Morgan fingerprint density at radius 2 is 0.545 bits per heavy atom. The number of rotatable bonds is 13. The quantitative estimate of drug-likeness (QED) is 0.112. The Morgan fingerprint density at radius 1 is 0.189 bits per heavy atom. The molecule has 0 aliphatic carbocycles. The molecule has 0 spiro atoms. The molecule has 0 radical (unpaired) electrons. The van der Waals surface area contributed by atoms with Crippen LogP contribution in [0, 0.1) is 0 Å². The van der Waals surface area contributed by atoms with Gasteiger partial charge in [-0.2, -0.15) is 19.9 Å². The highest BCUT2D eigenvalue weighted by Gasteiger charge is 2.30. The van der Waals surface area contributed by atoms with Crippen LogP contribution >= 0.6 is 0 Å². The van der Waals surface area contributed by atoms with Crippen LogP contribution in [0.5, 0.6) is 0 Å². The fourth-order valence-electron chi connectivity index (χ4n) is 19.3. The van der Waals surface area contributed by atoms with E-state index in [1.54, 1.807) is 0 Å². The zero-order valence-electron chi connectivity index (χ0n) is 85.8. The SMILES string of the molecule is [2H]c1c([2H])c([2H])c(-c2c([2H])c([2H])c([2H])c3oc4c([2H])c([2H])c([2H])c(-c5nc(-c6ccccc6)nc(-n6c7ccccc7c7ccc8c9ccccc9n(-c9ccccc9-c9ccccc9)c8c76)n5)c4c23)c([2H])c1[2H].[2H]c1c([2H])c([2H])c(-c2nc(-c3cccc4oc5cccc(-c6ccccc6)c5c34)nc(-n3c4ccccc4c4ccc5c6ccccc6n(-c6cc(-c7ccccc7)ccc6-c6ccccc6)c5c43)n2)c([2H])c1[2H]. The minimum atomic E-state index is -0.698. The predicted octanol–water partition coefficient (Wildman–Crippen LogP) is 30.9. The third-order valence-corrected chi connectivity index (χ3v) is 25.0. The summed E-state index contributed by atoms with van der Waals surface area (Å²) in [5.41, 5.74) is 17.6. The second-order valence-corrected chi connectivity index (χ2v) is 32.2. The molecule has 8 aromatic heterocycles. The van der Waals surface area contributed by atoms with Crippen LogP contribution < -0.4 is 0 Å². The molecule has 0 amide bonds. The van der Waals surface area contributed by atoms with Gasteiger partial charge in [0.2, 0.25) is 11.9 Å². The van der Waals surface area contributed by atoms with Crippen molar-refractivity contribution >= 4 is 131 Å². The standard InChI is InChI=1S/C63H39N5O.C57H35N5O/c1-5-19-40(20-6-1)44-35-36-45(41-21-7-2-8-22-41)54(39-44)67-52-31-15-13-27-47(52)49-37-38-50-48-28-14-16-32-53(48)68(60(50)59(49)67)63-65-61(43-25-11-4-12-26-43)64-62(66-63)51-30-18-34-56-58(51)57-46(29-17-33-55(57)69-56)42-23-9-3-10-24-42;1-4-18-36(19-5-1)39-24-10-13-29-46(39)61-47-30-14-11-25-41(47)43-34-35-44-42-26-12-15-31-48(42)62(54(44)53(43)61)57-59-55(38-22-8-3-9-23-38)58-56(60-57)45-28-17-33-50-52(45)51-40(27-16-32-49(51)63-50)37-20-6-2-7-21-37/h1-39H;1-35H/i4D,11D,12D,25D,26D;2D,6D,7D,16D,17D,20D,21D,27D,28D,32D,33D. The Labute approximate surface area is 778 Å². The van der Waals surface area contributed by atoms with E-state index in [0.29, 0.717) is 22.3 Å². The lowest BCUT2D eigenvalue weighted by molar-refractivity contribution is 0.668. The van der Waals surface area contributed by atoms with Gasteiger partial charge in [-0.15, -0.1) is 0 Å². The van der Waals surface area contributed by atoms with Crippen LogP contribution in [0.1, 0.15) is 21.9 Å². The van der Waals surface area contributed by atoms with Gasteiger partial charge in [0.15, 0.2) is 23.3 Å². The van der Waals surface area contributed by atoms with Crippen molar-refractivity contribution in [2.45, 2.75) is 0 Å². The number of para-hydroxylation sites is 5. The summed E-state index contributed by atoms with van der Waals surface area (Å²) in [7, 11) is 0. The van der Waals surface area contributed by atoms with Gasteiger partial charge < -0.3 is 18.0 Å². The van der Waals surface area contributed by atoms with Crippen molar-refractivity contribution in [3.8, 4) is 124 Å². The average molecular weight is 1700 g/mol. The normalized spacial score (nSPS) is 13.5. The first-order valence-corrected chi connectivity index (χ1v) is 43.2. The van der Waals surface area contributed by atoms with E-state index < -0.39 is 102 Å². The molecule has 0 unspecified atom stereocenters. The molecular formula is C120H74N10O2. The van der Waals surface area contributed by atoms with E-state index in [-0.39, 0.29) is 73.8 Å². The second-order valence-electron chi connectivity index (χ2n) is 32.2. The van der Waals surface area contributed by atoms with Crippen LogP contribution in [0.2, 0.25) is 0 Å². The van der Waals surface area contributed by atoms with E-state index in [2.05, 4.69) is 190 Å². The molecule has 0 atom stereocenters. The molecule has 0 saturated heterocycles. The summed E-state index contributed by atoms with van der Waals surface area (Å²) < 4.78 is 165. The van der Waals surface area contributed by atoms with E-state index in [1.165, 1.54) is 0 Å². The molecule has 0 N–H and O–H groups in total. The van der Waals surface area contributed by atoms with Crippen molar-refractivity contribution in [2.75, 3.05) is 0 Å². The first-order valence-electron chi connectivity index (χ1n) is 51.2. The number of hydrogen-bond donors (Lipinski definition) is 0. The molecule has 0 aliphatic heterocycles. The van der Waals surface area contributed by atoms with E-state index in [4.69, 9.17) is 52.4 Å². The largest absolute Gasteiger partial charge is 0.456 e. The van der Waals surface area contributed by atoms with Gasteiger partial charge in [-0.3, -0.25) is 9.13 Å². The van der Waals surface area contributed by atoms with Crippen molar-refractivity contribution in [3.05, 3.63) is 449 Å². The molecular weight excluding hydrogens is 1610 g/mol. The number of hydrogen-bond acceptors (Lipinski definition) is 8. The van der Waals surface area contributed by atoms with E-state index in [1.807, 2.05) is 180 Å². The maximum atomic E-state index is 9.69. The highest BCUT2D eigenvalue weighted by Crippen LogP contribution is 2.50. The number of aromatic nitrogens is 10. The van der Waals surface area contributed by atoms with Crippen molar-refractivity contribution in [1.29, 1.82) is 0 Å². The molecule has 0 fully saturated rings. The van der Waals surface area contributed by atoms with E-state index >= 15 is 0 Å².